The number of para-hydroxylation sites is 2. The summed E-state index contributed by atoms with van der Waals surface area (Å²) in [6, 6.07) is 11.6. The topological polar surface area (TPSA) is 104 Å². The Kier molecular flexibility index (Phi) is 3.30. The number of nitrogens with one attached hydrogen (secondary N) is 1. The van der Waals surface area contributed by atoms with E-state index in [9.17, 15) is 15.2 Å². The second-order valence-corrected chi connectivity index (χ2v) is 4.77. The average molecular weight is 296 g/mol. The van der Waals surface area contributed by atoms with Gasteiger partial charge < -0.3 is 10.1 Å². The summed E-state index contributed by atoms with van der Waals surface area (Å²) in [7, 11) is 0. The van der Waals surface area contributed by atoms with Gasteiger partial charge in [0.25, 0.3) is 5.69 Å². The average Bonchev–Trinajstić information content (AvgIpc) is 2.82. The summed E-state index contributed by atoms with van der Waals surface area (Å²) in [5, 5.41) is 29.5. The molecule has 3 aromatic rings. The number of benzene rings is 2. The van der Waals surface area contributed by atoms with Gasteiger partial charge in [0.2, 0.25) is 5.88 Å². The van der Waals surface area contributed by atoms with Gasteiger partial charge in [-0.15, -0.1) is 10.2 Å². The molecule has 0 radical (unpaired) electrons. The minimum Gasteiger partial charge on any atom is -0.493 e. The fraction of sp³-hybridized carbons (Fsp3) is 0.0667. The Morgan fingerprint density at radius 3 is 2.68 bits per heavy atom. The van der Waals surface area contributed by atoms with E-state index in [0.29, 0.717) is 5.39 Å². The first kappa shape index (κ1) is 13.7. The maximum absolute atomic E-state index is 11.0. The monoisotopic (exact) mass is 296 g/mol. The molecule has 7 nitrogen and oxygen atoms in total. The van der Waals surface area contributed by atoms with Crippen LogP contribution < -0.4 is 0 Å². The van der Waals surface area contributed by atoms with Crippen LogP contribution in [0.5, 0.6) is 5.88 Å². The van der Waals surface area contributed by atoms with Gasteiger partial charge >= 0.3 is 0 Å². The predicted molar refractivity (Wildman–Crippen MR) is 82.0 cm³/mol. The second-order valence-electron chi connectivity index (χ2n) is 4.77. The molecule has 3 rings (SSSR count). The zero-order valence-corrected chi connectivity index (χ0v) is 11.6. The Morgan fingerprint density at radius 2 is 1.91 bits per heavy atom. The van der Waals surface area contributed by atoms with Gasteiger partial charge in [-0.2, -0.15) is 0 Å². The van der Waals surface area contributed by atoms with Crippen LogP contribution in [0.1, 0.15) is 5.56 Å². The van der Waals surface area contributed by atoms with Crippen molar-refractivity contribution in [3.8, 4) is 5.88 Å². The summed E-state index contributed by atoms with van der Waals surface area (Å²) in [5.41, 5.74) is 1.98. The number of nitro benzene ring substituents is 1. The van der Waals surface area contributed by atoms with E-state index in [2.05, 4.69) is 15.2 Å². The van der Waals surface area contributed by atoms with Gasteiger partial charge in [-0.25, -0.2) is 0 Å². The molecule has 0 spiro atoms. The van der Waals surface area contributed by atoms with Crippen LogP contribution in [0.2, 0.25) is 0 Å². The van der Waals surface area contributed by atoms with Crippen molar-refractivity contribution < 1.29 is 10.0 Å². The highest BCUT2D eigenvalue weighted by Gasteiger charge is 2.14. The van der Waals surface area contributed by atoms with Gasteiger partial charge in [0, 0.05) is 11.5 Å². The van der Waals surface area contributed by atoms with Crippen molar-refractivity contribution in [2.24, 2.45) is 10.2 Å². The molecule has 7 heteroatoms. The van der Waals surface area contributed by atoms with E-state index in [0.717, 1.165) is 11.1 Å². The van der Waals surface area contributed by atoms with Crippen LogP contribution in [-0.2, 0) is 0 Å². The fourth-order valence-corrected chi connectivity index (χ4v) is 2.24. The number of aryl methyl sites for hydroxylation is 1. The van der Waals surface area contributed by atoms with Gasteiger partial charge in [-0.1, -0.05) is 30.3 Å². The van der Waals surface area contributed by atoms with E-state index < -0.39 is 4.92 Å². The number of hydrogen-bond donors (Lipinski definition) is 2. The molecule has 2 N–H and O–H groups in total. The second kappa shape index (κ2) is 5.28. The van der Waals surface area contributed by atoms with Crippen molar-refractivity contribution in [2.75, 3.05) is 0 Å². The lowest BCUT2D eigenvalue weighted by Gasteiger charge is -1.96. The highest BCUT2D eigenvalue weighted by molar-refractivity contribution is 5.95. The molecule has 0 unspecified atom stereocenters. The lowest BCUT2D eigenvalue weighted by atomic mass is 10.1. The minimum absolute atomic E-state index is 0.119. The Labute approximate surface area is 125 Å². The molecule has 0 saturated carbocycles. The SMILES string of the molecule is Cc1cccc2c(N=Nc3ccccc3[N+](=O)[O-])c(O)[nH]c12. The maximum Gasteiger partial charge on any atom is 0.296 e. The summed E-state index contributed by atoms with van der Waals surface area (Å²) in [6.45, 7) is 1.90. The molecule has 1 heterocycles. The summed E-state index contributed by atoms with van der Waals surface area (Å²) in [5.74, 6) is -0.119. The lowest BCUT2D eigenvalue weighted by molar-refractivity contribution is -0.384. The summed E-state index contributed by atoms with van der Waals surface area (Å²) in [4.78, 5) is 13.3. The summed E-state index contributed by atoms with van der Waals surface area (Å²) < 4.78 is 0. The fourth-order valence-electron chi connectivity index (χ4n) is 2.24. The van der Waals surface area contributed by atoms with Crippen molar-refractivity contribution in [3.63, 3.8) is 0 Å². The summed E-state index contributed by atoms with van der Waals surface area (Å²) in [6.07, 6.45) is 0. The zero-order chi connectivity index (χ0) is 15.7. The number of hydrogen-bond acceptors (Lipinski definition) is 5. The van der Waals surface area contributed by atoms with Crippen LogP contribution in [-0.4, -0.2) is 15.0 Å². The summed E-state index contributed by atoms with van der Waals surface area (Å²) >= 11 is 0. The number of fused-ring (bicyclic) bond motifs is 1. The van der Waals surface area contributed by atoms with Gasteiger partial charge in [0.15, 0.2) is 11.4 Å². The first-order valence-electron chi connectivity index (χ1n) is 6.53. The smallest absolute Gasteiger partial charge is 0.296 e. The highest BCUT2D eigenvalue weighted by Crippen LogP contribution is 2.38. The Bertz CT molecular complexity index is 899. The first-order valence-corrected chi connectivity index (χ1v) is 6.53. The molecule has 1 aromatic heterocycles. The van der Waals surface area contributed by atoms with Gasteiger partial charge in [-0.3, -0.25) is 10.1 Å². The molecule has 110 valence electrons. The molecule has 0 aliphatic carbocycles. The predicted octanol–water partition coefficient (Wildman–Crippen LogP) is 4.51. The van der Waals surface area contributed by atoms with Crippen LogP contribution in [0.4, 0.5) is 17.1 Å². The van der Waals surface area contributed by atoms with E-state index in [1.54, 1.807) is 18.2 Å². The molecule has 22 heavy (non-hydrogen) atoms. The van der Waals surface area contributed by atoms with E-state index >= 15 is 0 Å². The third kappa shape index (κ3) is 2.28. The van der Waals surface area contributed by atoms with Gasteiger partial charge in [0.05, 0.1) is 10.4 Å². The Hall–Kier alpha value is -3.22. The number of nitro groups is 1. The molecular weight excluding hydrogens is 284 g/mol. The van der Waals surface area contributed by atoms with Crippen molar-refractivity contribution in [3.05, 3.63) is 58.1 Å². The molecule has 0 saturated heterocycles. The third-order valence-corrected chi connectivity index (χ3v) is 3.33. The zero-order valence-electron chi connectivity index (χ0n) is 11.6. The quantitative estimate of drug-likeness (QED) is 0.422. The number of aromatic amines is 1. The van der Waals surface area contributed by atoms with Crippen molar-refractivity contribution in [2.45, 2.75) is 6.92 Å². The standard InChI is InChI=1S/C15H12N4O3/c1-9-5-4-6-10-13(9)16-15(20)14(10)18-17-11-7-2-3-8-12(11)19(21)22/h2-8,16,20H,1H3. The molecule has 0 fully saturated rings. The number of aromatic hydroxyl groups is 1. The third-order valence-electron chi connectivity index (χ3n) is 3.33. The van der Waals surface area contributed by atoms with Crippen molar-refractivity contribution >= 4 is 28.0 Å². The first-order chi connectivity index (χ1) is 10.6. The van der Waals surface area contributed by atoms with Crippen LogP contribution in [0.25, 0.3) is 10.9 Å². The Morgan fingerprint density at radius 1 is 1.14 bits per heavy atom. The number of rotatable bonds is 3. The highest BCUT2D eigenvalue weighted by atomic mass is 16.6. The van der Waals surface area contributed by atoms with Crippen molar-refractivity contribution in [1.29, 1.82) is 0 Å². The molecule has 0 bridgehead atoms. The molecule has 0 amide bonds. The lowest BCUT2D eigenvalue weighted by Crippen LogP contribution is -1.86. The minimum atomic E-state index is -0.520. The number of aromatic nitrogens is 1. The van der Waals surface area contributed by atoms with E-state index in [1.165, 1.54) is 12.1 Å². The molecule has 0 aliphatic rings. The van der Waals surface area contributed by atoms with Gasteiger partial charge in [0.1, 0.15) is 0 Å². The van der Waals surface area contributed by atoms with E-state index in [4.69, 9.17) is 0 Å². The van der Waals surface area contributed by atoms with Crippen molar-refractivity contribution in [1.82, 2.24) is 4.98 Å². The molecule has 2 aromatic carbocycles. The van der Waals surface area contributed by atoms with E-state index in [-0.39, 0.29) is 22.9 Å². The number of azo groups is 1. The molecular formula is C15H12N4O3. The van der Waals surface area contributed by atoms with E-state index in [1.807, 2.05) is 19.1 Å². The van der Waals surface area contributed by atoms with Crippen LogP contribution in [0.3, 0.4) is 0 Å². The number of nitrogens with zero attached hydrogens (tertiary/aromatic N) is 3. The van der Waals surface area contributed by atoms with Crippen LogP contribution in [0, 0.1) is 17.0 Å². The van der Waals surface area contributed by atoms with Crippen LogP contribution in [0.15, 0.2) is 52.7 Å². The molecule has 0 aliphatic heterocycles. The van der Waals surface area contributed by atoms with Crippen LogP contribution >= 0.6 is 0 Å². The largest absolute Gasteiger partial charge is 0.493 e. The van der Waals surface area contributed by atoms with Gasteiger partial charge in [-0.05, 0) is 18.6 Å². The maximum atomic E-state index is 11.0. The normalized spacial score (nSPS) is 11.3. The Balaban J connectivity index is 2.09. The molecule has 0 atom stereocenters. The number of H-pyrrole nitrogens is 1.